The zero-order valence-electron chi connectivity index (χ0n) is 14.7. The highest BCUT2D eigenvalue weighted by atomic mass is 32.2. The summed E-state index contributed by atoms with van der Waals surface area (Å²) < 4.78 is 57.2. The van der Waals surface area contributed by atoms with Crippen LogP contribution >= 0.6 is 0 Å². The standard InChI is InChI=1S/C18H16F2N2O5S/c1-10(6-17(23)21-14-4-2-11(19)7-13(14)20)28(25,26)12-3-5-16-15(8-12)22-18(24)9-27-16/h2-5,7-8,10H,6,9H2,1H3,(H,21,23)(H,22,24)/t10-/m1/s1. The van der Waals surface area contributed by atoms with Crippen LogP contribution < -0.4 is 15.4 Å². The molecule has 0 fully saturated rings. The summed E-state index contributed by atoms with van der Waals surface area (Å²) in [5.41, 5.74) is -0.0213. The van der Waals surface area contributed by atoms with Gasteiger partial charge in [0.15, 0.2) is 16.4 Å². The van der Waals surface area contributed by atoms with Crippen molar-refractivity contribution in [1.82, 2.24) is 0 Å². The van der Waals surface area contributed by atoms with Crippen LogP contribution in [0.25, 0.3) is 0 Å². The highest BCUT2D eigenvalue weighted by Crippen LogP contribution is 2.31. The molecule has 0 saturated carbocycles. The first-order chi connectivity index (χ1) is 13.2. The first-order valence-corrected chi connectivity index (χ1v) is 9.77. The van der Waals surface area contributed by atoms with Crippen molar-refractivity contribution in [2.75, 3.05) is 17.2 Å². The number of rotatable bonds is 5. The zero-order valence-corrected chi connectivity index (χ0v) is 15.5. The molecule has 0 aliphatic carbocycles. The third-order valence-corrected chi connectivity index (χ3v) is 6.26. The minimum atomic E-state index is -3.92. The predicted molar refractivity (Wildman–Crippen MR) is 96.8 cm³/mol. The molecule has 0 spiro atoms. The number of carbonyl (C=O) groups excluding carboxylic acids is 2. The molecule has 10 heteroatoms. The van der Waals surface area contributed by atoms with Gasteiger partial charge in [0.25, 0.3) is 5.91 Å². The third kappa shape index (κ3) is 4.11. The van der Waals surface area contributed by atoms with Gasteiger partial charge in [-0.15, -0.1) is 0 Å². The van der Waals surface area contributed by atoms with Crippen LogP contribution in [0.15, 0.2) is 41.3 Å². The summed E-state index contributed by atoms with van der Waals surface area (Å²) in [4.78, 5) is 23.4. The Bertz CT molecular complexity index is 1060. The zero-order chi connectivity index (χ0) is 20.5. The van der Waals surface area contributed by atoms with Gasteiger partial charge in [-0.3, -0.25) is 9.59 Å². The highest BCUT2D eigenvalue weighted by Gasteiger charge is 2.28. The number of halogens is 2. The van der Waals surface area contributed by atoms with E-state index in [0.29, 0.717) is 11.8 Å². The molecule has 1 atom stereocenters. The van der Waals surface area contributed by atoms with E-state index >= 15 is 0 Å². The summed E-state index contributed by atoms with van der Waals surface area (Å²) in [6, 6.07) is 6.63. The third-order valence-electron chi connectivity index (χ3n) is 4.12. The number of carbonyl (C=O) groups is 2. The van der Waals surface area contributed by atoms with Crippen molar-refractivity contribution in [2.45, 2.75) is 23.5 Å². The van der Waals surface area contributed by atoms with E-state index in [1.807, 2.05) is 0 Å². The lowest BCUT2D eigenvalue weighted by molar-refractivity contribution is -0.118. The average molecular weight is 410 g/mol. The number of sulfone groups is 1. The summed E-state index contributed by atoms with van der Waals surface area (Å²) in [7, 11) is -3.92. The van der Waals surface area contributed by atoms with Gasteiger partial charge >= 0.3 is 0 Å². The van der Waals surface area contributed by atoms with Crippen LogP contribution in [0.1, 0.15) is 13.3 Å². The Morgan fingerprint density at radius 3 is 2.71 bits per heavy atom. The quantitative estimate of drug-likeness (QED) is 0.789. The van der Waals surface area contributed by atoms with Crippen molar-refractivity contribution in [3.05, 3.63) is 48.0 Å². The molecule has 2 aromatic carbocycles. The summed E-state index contributed by atoms with van der Waals surface area (Å²) in [5.74, 6) is -2.56. The molecular formula is C18H16F2N2O5S. The van der Waals surface area contributed by atoms with E-state index in [-0.39, 0.29) is 22.9 Å². The number of amides is 2. The predicted octanol–water partition coefficient (Wildman–Crippen LogP) is 2.49. The fourth-order valence-electron chi connectivity index (χ4n) is 2.63. The van der Waals surface area contributed by atoms with Crippen LogP contribution in [-0.2, 0) is 19.4 Å². The Morgan fingerprint density at radius 1 is 1.25 bits per heavy atom. The Kier molecular flexibility index (Phi) is 5.32. The monoisotopic (exact) mass is 410 g/mol. The van der Waals surface area contributed by atoms with E-state index in [1.165, 1.54) is 25.1 Å². The summed E-state index contributed by atoms with van der Waals surface area (Å²) in [6.45, 7) is 1.18. The molecule has 0 bridgehead atoms. The highest BCUT2D eigenvalue weighted by molar-refractivity contribution is 7.92. The van der Waals surface area contributed by atoms with Crippen molar-refractivity contribution >= 4 is 33.0 Å². The first-order valence-electron chi connectivity index (χ1n) is 8.22. The summed E-state index contributed by atoms with van der Waals surface area (Å²) in [5, 5.41) is 3.61. The van der Waals surface area contributed by atoms with Crippen molar-refractivity contribution in [1.29, 1.82) is 0 Å². The Labute approximate surface area is 159 Å². The lowest BCUT2D eigenvalue weighted by Crippen LogP contribution is -2.27. The fourth-order valence-corrected chi connectivity index (χ4v) is 4.01. The maximum Gasteiger partial charge on any atom is 0.262 e. The molecule has 1 aliphatic heterocycles. The van der Waals surface area contributed by atoms with Crippen LogP contribution in [0.2, 0.25) is 0 Å². The molecule has 0 radical (unpaired) electrons. The molecule has 2 N–H and O–H groups in total. The SMILES string of the molecule is C[C@H](CC(=O)Nc1ccc(F)cc1F)S(=O)(=O)c1ccc2c(c1)NC(=O)CO2. The number of anilines is 2. The Hall–Kier alpha value is -3.01. The number of benzene rings is 2. The minimum absolute atomic E-state index is 0.0923. The molecule has 0 aromatic heterocycles. The second kappa shape index (κ2) is 7.55. The van der Waals surface area contributed by atoms with Crippen LogP contribution in [0, 0.1) is 11.6 Å². The fraction of sp³-hybridized carbons (Fsp3) is 0.222. The molecule has 2 amide bonds. The second-order valence-electron chi connectivity index (χ2n) is 6.23. The van der Waals surface area contributed by atoms with Gasteiger partial charge in [-0.25, -0.2) is 17.2 Å². The molecule has 148 valence electrons. The van der Waals surface area contributed by atoms with Gasteiger partial charge in [0.2, 0.25) is 5.91 Å². The van der Waals surface area contributed by atoms with Crippen molar-refractivity contribution in [2.24, 2.45) is 0 Å². The van der Waals surface area contributed by atoms with E-state index < -0.39 is 45.0 Å². The van der Waals surface area contributed by atoms with Crippen molar-refractivity contribution in [3.8, 4) is 5.75 Å². The van der Waals surface area contributed by atoms with Gasteiger partial charge < -0.3 is 15.4 Å². The van der Waals surface area contributed by atoms with Gasteiger partial charge in [0, 0.05) is 12.5 Å². The lowest BCUT2D eigenvalue weighted by Gasteiger charge is -2.19. The van der Waals surface area contributed by atoms with Gasteiger partial charge in [-0.2, -0.15) is 0 Å². The van der Waals surface area contributed by atoms with Crippen LogP contribution in [0.4, 0.5) is 20.2 Å². The molecule has 0 unspecified atom stereocenters. The number of fused-ring (bicyclic) bond motifs is 1. The Morgan fingerprint density at radius 2 is 2.00 bits per heavy atom. The van der Waals surface area contributed by atoms with Gasteiger partial charge in [0.1, 0.15) is 17.4 Å². The normalized spacial score (nSPS) is 14.5. The van der Waals surface area contributed by atoms with Crippen molar-refractivity contribution < 1.29 is 31.5 Å². The lowest BCUT2D eigenvalue weighted by atomic mass is 10.2. The molecule has 1 heterocycles. The van der Waals surface area contributed by atoms with E-state index in [9.17, 15) is 26.8 Å². The first kappa shape index (κ1) is 19.7. The number of ether oxygens (including phenoxy) is 1. The van der Waals surface area contributed by atoms with E-state index in [2.05, 4.69) is 10.6 Å². The topological polar surface area (TPSA) is 102 Å². The molecular weight excluding hydrogens is 394 g/mol. The number of nitrogens with one attached hydrogen (secondary N) is 2. The molecule has 3 rings (SSSR count). The molecule has 0 saturated heterocycles. The molecule has 7 nitrogen and oxygen atoms in total. The van der Waals surface area contributed by atoms with Crippen molar-refractivity contribution in [3.63, 3.8) is 0 Å². The van der Waals surface area contributed by atoms with Crippen LogP contribution in [0.5, 0.6) is 5.75 Å². The number of hydrogen-bond donors (Lipinski definition) is 2. The maximum absolute atomic E-state index is 13.6. The van der Waals surface area contributed by atoms with Gasteiger partial charge in [-0.05, 0) is 37.3 Å². The average Bonchev–Trinajstić information content (AvgIpc) is 2.63. The number of hydrogen-bond acceptors (Lipinski definition) is 5. The Balaban J connectivity index is 1.74. The largest absolute Gasteiger partial charge is 0.482 e. The minimum Gasteiger partial charge on any atom is -0.482 e. The van der Waals surface area contributed by atoms with E-state index in [1.54, 1.807) is 0 Å². The molecule has 28 heavy (non-hydrogen) atoms. The molecule has 2 aromatic rings. The van der Waals surface area contributed by atoms with Gasteiger partial charge in [-0.1, -0.05) is 0 Å². The van der Waals surface area contributed by atoms with E-state index in [4.69, 9.17) is 4.74 Å². The van der Waals surface area contributed by atoms with Crippen LogP contribution in [0.3, 0.4) is 0 Å². The van der Waals surface area contributed by atoms with E-state index in [0.717, 1.165) is 12.1 Å². The molecule has 1 aliphatic rings. The maximum atomic E-state index is 13.6. The van der Waals surface area contributed by atoms with Gasteiger partial charge in [0.05, 0.1) is 21.5 Å². The smallest absolute Gasteiger partial charge is 0.262 e. The van der Waals surface area contributed by atoms with Crippen LogP contribution in [-0.4, -0.2) is 32.1 Å². The summed E-state index contributed by atoms with van der Waals surface area (Å²) in [6.07, 6.45) is -0.445. The summed E-state index contributed by atoms with van der Waals surface area (Å²) >= 11 is 0. The second-order valence-corrected chi connectivity index (χ2v) is 8.59.